The van der Waals surface area contributed by atoms with E-state index < -0.39 is 12.5 Å². The van der Waals surface area contributed by atoms with Crippen LogP contribution in [0, 0.1) is 6.92 Å². The number of nitrogens with zero attached hydrogens (tertiary/aromatic N) is 1. The molecule has 1 atom stereocenters. The standard InChI is InChI=1S/C12H18F2N2/c1-8-5-6-10(7-11(8)16(3)4)15-9(2)12(13)14/h5-7,9,12,15H,1-4H3. The number of anilines is 2. The number of benzene rings is 1. The zero-order chi connectivity index (χ0) is 12.3. The van der Waals surface area contributed by atoms with E-state index in [9.17, 15) is 8.78 Å². The summed E-state index contributed by atoms with van der Waals surface area (Å²) in [5.41, 5.74) is 2.88. The van der Waals surface area contributed by atoms with Crippen molar-refractivity contribution in [3.8, 4) is 0 Å². The molecule has 1 unspecified atom stereocenters. The number of hydrogen-bond donors (Lipinski definition) is 1. The van der Waals surface area contributed by atoms with E-state index in [1.807, 2.05) is 44.1 Å². The van der Waals surface area contributed by atoms with Crippen molar-refractivity contribution in [1.29, 1.82) is 0 Å². The van der Waals surface area contributed by atoms with Crippen molar-refractivity contribution < 1.29 is 8.78 Å². The van der Waals surface area contributed by atoms with Crippen LogP contribution in [0.2, 0.25) is 0 Å². The lowest BCUT2D eigenvalue weighted by molar-refractivity contribution is 0.131. The van der Waals surface area contributed by atoms with Crippen LogP contribution in [-0.4, -0.2) is 26.6 Å². The van der Waals surface area contributed by atoms with Crippen LogP contribution in [0.5, 0.6) is 0 Å². The molecule has 1 aromatic rings. The highest BCUT2D eigenvalue weighted by Crippen LogP contribution is 2.23. The fourth-order valence-corrected chi connectivity index (χ4v) is 1.51. The Balaban J connectivity index is 2.87. The highest BCUT2D eigenvalue weighted by atomic mass is 19.3. The van der Waals surface area contributed by atoms with E-state index in [2.05, 4.69) is 5.32 Å². The molecule has 4 heteroatoms. The average molecular weight is 228 g/mol. The second-order valence-corrected chi connectivity index (χ2v) is 4.16. The van der Waals surface area contributed by atoms with E-state index in [0.29, 0.717) is 0 Å². The predicted molar refractivity (Wildman–Crippen MR) is 64.6 cm³/mol. The minimum Gasteiger partial charge on any atom is -0.377 e. The van der Waals surface area contributed by atoms with Crippen LogP contribution in [0.15, 0.2) is 18.2 Å². The van der Waals surface area contributed by atoms with Crippen molar-refractivity contribution in [3.63, 3.8) is 0 Å². The van der Waals surface area contributed by atoms with Gasteiger partial charge in [0.1, 0.15) is 0 Å². The topological polar surface area (TPSA) is 15.3 Å². The van der Waals surface area contributed by atoms with Crippen LogP contribution >= 0.6 is 0 Å². The molecular formula is C12H18F2N2. The summed E-state index contributed by atoms with van der Waals surface area (Å²) in [4.78, 5) is 1.97. The fourth-order valence-electron chi connectivity index (χ4n) is 1.51. The number of hydrogen-bond acceptors (Lipinski definition) is 2. The molecule has 2 nitrogen and oxygen atoms in total. The summed E-state index contributed by atoms with van der Waals surface area (Å²) in [5, 5.41) is 2.79. The third-order valence-corrected chi connectivity index (χ3v) is 2.46. The molecule has 0 bridgehead atoms. The van der Waals surface area contributed by atoms with Crippen molar-refractivity contribution in [2.45, 2.75) is 26.3 Å². The monoisotopic (exact) mass is 228 g/mol. The quantitative estimate of drug-likeness (QED) is 0.851. The first-order valence-electron chi connectivity index (χ1n) is 5.24. The van der Waals surface area contributed by atoms with Crippen molar-refractivity contribution >= 4 is 11.4 Å². The molecule has 0 aliphatic carbocycles. The summed E-state index contributed by atoms with van der Waals surface area (Å²) in [6, 6.07) is 4.79. The minimum atomic E-state index is -2.36. The molecule has 0 fully saturated rings. The van der Waals surface area contributed by atoms with Crippen LogP contribution < -0.4 is 10.2 Å². The predicted octanol–water partition coefficient (Wildman–Crippen LogP) is 3.13. The Bertz CT molecular complexity index is 351. The molecule has 0 aliphatic rings. The third kappa shape index (κ3) is 3.08. The normalized spacial score (nSPS) is 12.7. The van der Waals surface area contributed by atoms with Crippen LogP contribution in [0.4, 0.5) is 20.2 Å². The molecule has 1 N–H and O–H groups in total. The van der Waals surface area contributed by atoms with Gasteiger partial charge in [0.05, 0.1) is 6.04 Å². The average Bonchev–Trinajstić information content (AvgIpc) is 2.20. The van der Waals surface area contributed by atoms with Crippen LogP contribution in [0.25, 0.3) is 0 Å². The number of rotatable bonds is 4. The largest absolute Gasteiger partial charge is 0.377 e. The van der Waals surface area contributed by atoms with Gasteiger partial charge >= 0.3 is 0 Å². The van der Waals surface area contributed by atoms with Crippen molar-refractivity contribution in [2.75, 3.05) is 24.3 Å². The lowest BCUT2D eigenvalue weighted by Gasteiger charge is -2.19. The summed E-state index contributed by atoms with van der Waals surface area (Å²) in [7, 11) is 3.87. The Morgan fingerprint density at radius 3 is 2.38 bits per heavy atom. The molecule has 0 aliphatic heterocycles. The second-order valence-electron chi connectivity index (χ2n) is 4.16. The van der Waals surface area contributed by atoms with Gasteiger partial charge in [0.15, 0.2) is 0 Å². The number of alkyl halides is 2. The number of aryl methyl sites for hydroxylation is 1. The van der Waals surface area contributed by atoms with Gasteiger partial charge in [-0.2, -0.15) is 0 Å². The van der Waals surface area contributed by atoms with Gasteiger partial charge in [-0.3, -0.25) is 0 Å². The molecule has 0 heterocycles. The van der Waals surface area contributed by atoms with E-state index in [0.717, 1.165) is 16.9 Å². The molecule has 0 spiro atoms. The zero-order valence-corrected chi connectivity index (χ0v) is 10.1. The van der Waals surface area contributed by atoms with Crippen molar-refractivity contribution in [2.24, 2.45) is 0 Å². The molecule has 16 heavy (non-hydrogen) atoms. The Kier molecular flexibility index (Phi) is 4.10. The van der Waals surface area contributed by atoms with E-state index in [-0.39, 0.29) is 0 Å². The Morgan fingerprint density at radius 1 is 1.25 bits per heavy atom. The maximum absolute atomic E-state index is 12.4. The summed E-state index contributed by atoms with van der Waals surface area (Å²) < 4.78 is 24.8. The van der Waals surface area contributed by atoms with Gasteiger partial charge in [-0.25, -0.2) is 8.78 Å². The highest BCUT2D eigenvalue weighted by Gasteiger charge is 2.14. The van der Waals surface area contributed by atoms with Crippen LogP contribution in [-0.2, 0) is 0 Å². The zero-order valence-electron chi connectivity index (χ0n) is 10.1. The Hall–Kier alpha value is -1.32. The lowest BCUT2D eigenvalue weighted by Crippen LogP contribution is -2.24. The molecule has 1 aromatic carbocycles. The fraction of sp³-hybridized carbons (Fsp3) is 0.500. The maximum atomic E-state index is 12.4. The van der Waals surface area contributed by atoms with Crippen molar-refractivity contribution in [3.05, 3.63) is 23.8 Å². The molecule has 0 aromatic heterocycles. The smallest absolute Gasteiger partial charge is 0.258 e. The second kappa shape index (κ2) is 5.14. The number of nitrogens with one attached hydrogen (secondary N) is 1. The summed E-state index contributed by atoms with van der Waals surface area (Å²) >= 11 is 0. The van der Waals surface area contributed by atoms with E-state index in [1.165, 1.54) is 6.92 Å². The van der Waals surface area contributed by atoms with Gasteiger partial charge in [-0.15, -0.1) is 0 Å². The van der Waals surface area contributed by atoms with Gasteiger partial charge in [0, 0.05) is 25.5 Å². The van der Waals surface area contributed by atoms with Crippen molar-refractivity contribution in [1.82, 2.24) is 0 Å². The molecule has 0 saturated carbocycles. The first-order chi connectivity index (χ1) is 7.41. The van der Waals surface area contributed by atoms with E-state index in [4.69, 9.17) is 0 Å². The summed E-state index contributed by atoms with van der Waals surface area (Å²) in [6.45, 7) is 3.47. The molecule has 90 valence electrons. The van der Waals surface area contributed by atoms with Gasteiger partial charge in [-0.05, 0) is 31.5 Å². The molecule has 1 rings (SSSR count). The lowest BCUT2D eigenvalue weighted by atomic mass is 10.1. The molecular weight excluding hydrogens is 210 g/mol. The maximum Gasteiger partial charge on any atom is 0.258 e. The van der Waals surface area contributed by atoms with Gasteiger partial charge in [0.25, 0.3) is 6.43 Å². The highest BCUT2D eigenvalue weighted by molar-refractivity contribution is 5.62. The Labute approximate surface area is 95.3 Å². The van der Waals surface area contributed by atoms with Gasteiger partial charge < -0.3 is 10.2 Å². The van der Waals surface area contributed by atoms with E-state index >= 15 is 0 Å². The molecule has 0 saturated heterocycles. The SMILES string of the molecule is Cc1ccc(NC(C)C(F)F)cc1N(C)C. The first-order valence-corrected chi connectivity index (χ1v) is 5.24. The summed E-state index contributed by atoms with van der Waals surface area (Å²) in [6.07, 6.45) is -2.36. The number of halogens is 2. The molecule has 0 radical (unpaired) electrons. The first kappa shape index (κ1) is 12.7. The third-order valence-electron chi connectivity index (χ3n) is 2.46. The molecule has 0 amide bonds. The van der Waals surface area contributed by atoms with Gasteiger partial charge in [-0.1, -0.05) is 6.07 Å². The minimum absolute atomic E-state index is 0.724. The Morgan fingerprint density at radius 2 is 1.88 bits per heavy atom. The van der Waals surface area contributed by atoms with Gasteiger partial charge in [0.2, 0.25) is 0 Å². The van der Waals surface area contributed by atoms with Crippen LogP contribution in [0.3, 0.4) is 0 Å². The van der Waals surface area contributed by atoms with E-state index in [1.54, 1.807) is 0 Å². The van der Waals surface area contributed by atoms with Crippen LogP contribution in [0.1, 0.15) is 12.5 Å². The summed E-state index contributed by atoms with van der Waals surface area (Å²) in [5.74, 6) is 0.